The lowest BCUT2D eigenvalue weighted by atomic mass is 9.80. The summed E-state index contributed by atoms with van der Waals surface area (Å²) in [7, 11) is 0. The molecule has 0 amide bonds. The fourth-order valence-corrected chi connectivity index (χ4v) is 3.60. The molecule has 0 aromatic carbocycles. The molecule has 3 unspecified atom stereocenters. The number of hydrogen-bond donors (Lipinski definition) is 1. The van der Waals surface area contributed by atoms with Crippen LogP contribution < -0.4 is 5.73 Å². The van der Waals surface area contributed by atoms with E-state index < -0.39 is 0 Å². The van der Waals surface area contributed by atoms with Crippen LogP contribution in [-0.4, -0.2) is 17.7 Å². The molecule has 3 rings (SSSR count). The van der Waals surface area contributed by atoms with Gasteiger partial charge in [0.2, 0.25) is 0 Å². The van der Waals surface area contributed by atoms with Gasteiger partial charge in [0, 0.05) is 16.8 Å². The van der Waals surface area contributed by atoms with Crippen LogP contribution in [0.2, 0.25) is 0 Å². The highest BCUT2D eigenvalue weighted by atomic mass is 32.1. The average Bonchev–Trinajstić information content (AvgIpc) is 2.78. The summed E-state index contributed by atoms with van der Waals surface area (Å²) < 4.78 is 5.82. The van der Waals surface area contributed by atoms with Gasteiger partial charge in [-0.2, -0.15) is 0 Å². The summed E-state index contributed by atoms with van der Waals surface area (Å²) in [6, 6.07) is 4.27. The topological polar surface area (TPSA) is 35.2 Å². The molecule has 3 atom stereocenters. The van der Waals surface area contributed by atoms with Gasteiger partial charge in [-0.25, -0.2) is 0 Å². The van der Waals surface area contributed by atoms with Gasteiger partial charge in [-0.1, -0.05) is 6.07 Å². The first-order chi connectivity index (χ1) is 6.76. The summed E-state index contributed by atoms with van der Waals surface area (Å²) in [5.41, 5.74) is 6.34. The highest BCUT2D eigenvalue weighted by molar-refractivity contribution is 7.09. The molecule has 0 saturated carbocycles. The van der Waals surface area contributed by atoms with Crippen LogP contribution in [0.3, 0.4) is 0 Å². The Labute approximate surface area is 88.1 Å². The van der Waals surface area contributed by atoms with Gasteiger partial charge in [0.25, 0.3) is 0 Å². The van der Waals surface area contributed by atoms with Gasteiger partial charge in [-0.3, -0.25) is 0 Å². The largest absolute Gasteiger partial charge is 0.373 e. The summed E-state index contributed by atoms with van der Waals surface area (Å²) in [4.78, 5) is 1.39. The summed E-state index contributed by atoms with van der Waals surface area (Å²) >= 11 is 1.80. The fourth-order valence-electron chi connectivity index (χ4n) is 2.76. The fraction of sp³-hybridized carbons (Fsp3) is 0.636. The molecule has 76 valence electrons. The van der Waals surface area contributed by atoms with Crippen LogP contribution in [0, 0.1) is 0 Å². The first-order valence-corrected chi connectivity index (χ1v) is 6.11. The molecule has 0 radical (unpaired) electrons. The van der Waals surface area contributed by atoms with Crippen molar-refractivity contribution in [2.75, 3.05) is 0 Å². The van der Waals surface area contributed by atoms with Crippen molar-refractivity contribution >= 4 is 11.3 Å². The van der Waals surface area contributed by atoms with E-state index in [4.69, 9.17) is 10.5 Å². The molecule has 2 aliphatic rings. The Balaban J connectivity index is 1.78. The minimum absolute atomic E-state index is 0.0756. The molecule has 3 heterocycles. The second-order valence-electron chi connectivity index (χ2n) is 4.52. The summed E-state index contributed by atoms with van der Waals surface area (Å²) in [5, 5.41) is 2.12. The Kier molecular flexibility index (Phi) is 1.94. The highest BCUT2D eigenvalue weighted by Gasteiger charge is 2.49. The van der Waals surface area contributed by atoms with E-state index in [2.05, 4.69) is 17.5 Å². The van der Waals surface area contributed by atoms with E-state index in [1.165, 1.54) is 11.3 Å². The van der Waals surface area contributed by atoms with E-state index in [1.807, 2.05) is 0 Å². The molecule has 14 heavy (non-hydrogen) atoms. The maximum atomic E-state index is 6.42. The standard InChI is InChI=1S/C11H15NOS/c12-11(7-9-2-1-5-14-9)6-8-3-4-10(11)13-8/h1-2,5,8,10H,3-4,6-7,12H2. The molecule has 1 aromatic heterocycles. The van der Waals surface area contributed by atoms with E-state index in [1.54, 1.807) is 11.3 Å². The second kappa shape index (κ2) is 3.05. The van der Waals surface area contributed by atoms with Crippen molar-refractivity contribution in [3.05, 3.63) is 22.4 Å². The van der Waals surface area contributed by atoms with E-state index in [9.17, 15) is 0 Å². The van der Waals surface area contributed by atoms with Gasteiger partial charge in [-0.15, -0.1) is 11.3 Å². The molecule has 0 aliphatic carbocycles. The Morgan fingerprint density at radius 1 is 1.57 bits per heavy atom. The van der Waals surface area contributed by atoms with Crippen LogP contribution in [0.5, 0.6) is 0 Å². The lowest BCUT2D eigenvalue weighted by molar-refractivity contribution is 0.0858. The van der Waals surface area contributed by atoms with Crippen molar-refractivity contribution < 1.29 is 4.74 Å². The molecule has 2 saturated heterocycles. The van der Waals surface area contributed by atoms with Crippen LogP contribution >= 0.6 is 11.3 Å². The van der Waals surface area contributed by atoms with Gasteiger partial charge in [-0.05, 0) is 30.7 Å². The molecule has 2 nitrogen and oxygen atoms in total. The number of fused-ring (bicyclic) bond motifs is 2. The van der Waals surface area contributed by atoms with Crippen molar-refractivity contribution in [2.45, 2.75) is 43.4 Å². The number of thiophene rings is 1. The molecule has 2 bridgehead atoms. The van der Waals surface area contributed by atoms with E-state index in [-0.39, 0.29) is 5.54 Å². The maximum Gasteiger partial charge on any atom is 0.0763 e. The molecule has 0 spiro atoms. The van der Waals surface area contributed by atoms with E-state index >= 15 is 0 Å². The lowest BCUT2D eigenvalue weighted by Gasteiger charge is -2.30. The minimum Gasteiger partial charge on any atom is -0.373 e. The van der Waals surface area contributed by atoms with Crippen LogP contribution in [0.1, 0.15) is 24.1 Å². The lowest BCUT2D eigenvalue weighted by Crippen LogP contribution is -2.50. The average molecular weight is 209 g/mol. The van der Waals surface area contributed by atoms with E-state index in [0.717, 1.165) is 19.3 Å². The van der Waals surface area contributed by atoms with Crippen LogP contribution in [0.15, 0.2) is 17.5 Å². The number of hydrogen-bond acceptors (Lipinski definition) is 3. The van der Waals surface area contributed by atoms with Crippen LogP contribution in [0.25, 0.3) is 0 Å². The molecule has 3 heteroatoms. The molecule has 1 aromatic rings. The normalized spacial score (nSPS) is 40.6. The third-order valence-corrected chi connectivity index (χ3v) is 4.32. The predicted molar refractivity (Wildman–Crippen MR) is 57.5 cm³/mol. The van der Waals surface area contributed by atoms with Gasteiger partial charge in [0.05, 0.1) is 12.2 Å². The van der Waals surface area contributed by atoms with Crippen molar-refractivity contribution in [2.24, 2.45) is 5.73 Å². The van der Waals surface area contributed by atoms with Gasteiger partial charge in [0.15, 0.2) is 0 Å². The van der Waals surface area contributed by atoms with Crippen LogP contribution in [0.4, 0.5) is 0 Å². The predicted octanol–water partition coefficient (Wildman–Crippen LogP) is 1.94. The van der Waals surface area contributed by atoms with Gasteiger partial charge < -0.3 is 10.5 Å². The van der Waals surface area contributed by atoms with Crippen molar-refractivity contribution in [3.63, 3.8) is 0 Å². The maximum absolute atomic E-state index is 6.42. The number of rotatable bonds is 2. The van der Waals surface area contributed by atoms with E-state index in [0.29, 0.717) is 12.2 Å². The smallest absolute Gasteiger partial charge is 0.0763 e. The van der Waals surface area contributed by atoms with Crippen molar-refractivity contribution in [1.29, 1.82) is 0 Å². The zero-order chi connectivity index (χ0) is 9.60. The van der Waals surface area contributed by atoms with Crippen LogP contribution in [-0.2, 0) is 11.2 Å². The zero-order valence-electron chi connectivity index (χ0n) is 8.11. The number of ether oxygens (including phenoxy) is 1. The second-order valence-corrected chi connectivity index (χ2v) is 5.55. The molecular formula is C11H15NOS. The minimum atomic E-state index is -0.0756. The monoisotopic (exact) mass is 209 g/mol. The Morgan fingerprint density at radius 2 is 2.50 bits per heavy atom. The first-order valence-electron chi connectivity index (χ1n) is 5.23. The summed E-state index contributed by atoms with van der Waals surface area (Å²) in [5.74, 6) is 0. The van der Waals surface area contributed by atoms with Gasteiger partial charge >= 0.3 is 0 Å². The van der Waals surface area contributed by atoms with Crippen molar-refractivity contribution in [3.8, 4) is 0 Å². The Hall–Kier alpha value is -0.380. The Bertz CT molecular complexity index is 324. The zero-order valence-corrected chi connectivity index (χ0v) is 8.93. The van der Waals surface area contributed by atoms with Crippen molar-refractivity contribution in [1.82, 2.24) is 0 Å². The summed E-state index contributed by atoms with van der Waals surface area (Å²) in [6.45, 7) is 0. The molecule has 2 N–H and O–H groups in total. The SMILES string of the molecule is NC1(Cc2cccs2)CC2CCC1O2. The quantitative estimate of drug-likeness (QED) is 0.808. The third kappa shape index (κ3) is 1.31. The van der Waals surface area contributed by atoms with Gasteiger partial charge in [0.1, 0.15) is 0 Å². The number of nitrogens with two attached hydrogens (primary N) is 1. The Morgan fingerprint density at radius 3 is 3.07 bits per heavy atom. The molecular weight excluding hydrogens is 194 g/mol. The first kappa shape index (κ1) is 8.89. The summed E-state index contributed by atoms with van der Waals surface area (Å²) in [6.07, 6.45) is 5.18. The molecule has 2 fully saturated rings. The third-order valence-electron chi connectivity index (χ3n) is 3.44. The molecule has 2 aliphatic heterocycles. The highest BCUT2D eigenvalue weighted by Crippen LogP contribution is 2.42.